The fourth-order valence-electron chi connectivity index (χ4n) is 1.72. The second-order valence-corrected chi connectivity index (χ2v) is 3.54. The van der Waals surface area contributed by atoms with Crippen LogP contribution in [-0.2, 0) is 11.4 Å². The molecule has 0 saturated heterocycles. The molecule has 2 N–H and O–H groups in total. The van der Waals surface area contributed by atoms with Gasteiger partial charge in [0.15, 0.2) is 0 Å². The van der Waals surface area contributed by atoms with E-state index in [1.54, 1.807) is 0 Å². The number of hydroxylamine groups is 1. The van der Waals surface area contributed by atoms with Gasteiger partial charge >= 0.3 is 0 Å². The lowest BCUT2D eigenvalue weighted by atomic mass is 10.3. The smallest absolute Gasteiger partial charge is 0.0790 e. The third-order valence-corrected chi connectivity index (χ3v) is 2.48. The normalized spacial score (nSPS) is 18.2. The summed E-state index contributed by atoms with van der Waals surface area (Å²) in [4.78, 5) is 8.63. The summed E-state index contributed by atoms with van der Waals surface area (Å²) in [7, 11) is 0. The average molecular weight is 180 g/mol. The molecule has 1 aliphatic rings. The summed E-state index contributed by atoms with van der Waals surface area (Å²) in [5, 5.41) is 0. The van der Waals surface area contributed by atoms with Crippen LogP contribution in [0, 0.1) is 0 Å². The summed E-state index contributed by atoms with van der Waals surface area (Å²) in [6.07, 6.45) is 7.40. The quantitative estimate of drug-likeness (QED) is 0.695. The van der Waals surface area contributed by atoms with Gasteiger partial charge in [0.2, 0.25) is 0 Å². The summed E-state index contributed by atoms with van der Waals surface area (Å²) in [5.74, 6) is 0. The zero-order valence-electron chi connectivity index (χ0n) is 7.75. The third kappa shape index (κ3) is 2.57. The molecular formula is C10H16N2O. The Balaban J connectivity index is 1.63. The first kappa shape index (κ1) is 8.78. The highest BCUT2D eigenvalue weighted by Gasteiger charge is 2.15. The first-order valence-electron chi connectivity index (χ1n) is 4.96. The standard InChI is InChI=1S/C10H16N2O/c1-2-6-10(5-1)13-12-8-9-4-3-7-11-9/h3-4,7,10-12H,1-2,5-6,8H2. The van der Waals surface area contributed by atoms with Gasteiger partial charge in [0.25, 0.3) is 0 Å². The molecule has 1 saturated carbocycles. The van der Waals surface area contributed by atoms with Crippen molar-refractivity contribution in [3.63, 3.8) is 0 Å². The number of aromatic amines is 1. The van der Waals surface area contributed by atoms with E-state index in [-0.39, 0.29) is 0 Å². The second-order valence-electron chi connectivity index (χ2n) is 3.54. The number of rotatable bonds is 4. The van der Waals surface area contributed by atoms with Gasteiger partial charge in [-0.25, -0.2) is 0 Å². The van der Waals surface area contributed by atoms with Gasteiger partial charge in [-0.1, -0.05) is 12.8 Å². The zero-order valence-corrected chi connectivity index (χ0v) is 7.75. The van der Waals surface area contributed by atoms with Crippen LogP contribution in [0.3, 0.4) is 0 Å². The Hall–Kier alpha value is -0.800. The molecule has 1 heterocycles. The van der Waals surface area contributed by atoms with Crippen LogP contribution in [-0.4, -0.2) is 11.1 Å². The highest BCUT2D eigenvalue weighted by atomic mass is 16.7. The SMILES string of the molecule is c1c[nH]c(CNOC2CCCC2)c1. The Morgan fingerprint density at radius 1 is 1.46 bits per heavy atom. The van der Waals surface area contributed by atoms with E-state index in [2.05, 4.69) is 10.5 Å². The Labute approximate surface area is 78.4 Å². The monoisotopic (exact) mass is 180 g/mol. The summed E-state index contributed by atoms with van der Waals surface area (Å²) in [6, 6.07) is 4.04. The Bertz CT molecular complexity index is 227. The molecule has 0 radical (unpaired) electrons. The van der Waals surface area contributed by atoms with E-state index in [4.69, 9.17) is 4.84 Å². The van der Waals surface area contributed by atoms with Crippen LogP contribution in [0.15, 0.2) is 18.3 Å². The van der Waals surface area contributed by atoms with Gasteiger partial charge in [-0.2, -0.15) is 5.48 Å². The van der Waals surface area contributed by atoms with Crippen molar-refractivity contribution in [3.8, 4) is 0 Å². The molecule has 3 nitrogen and oxygen atoms in total. The van der Waals surface area contributed by atoms with Gasteiger partial charge in [0.1, 0.15) is 0 Å². The first-order chi connectivity index (χ1) is 6.45. The summed E-state index contributed by atoms with van der Waals surface area (Å²) < 4.78 is 0. The van der Waals surface area contributed by atoms with Crippen LogP contribution in [0.1, 0.15) is 31.4 Å². The Kier molecular flexibility index (Phi) is 3.00. The molecule has 0 atom stereocenters. The summed E-state index contributed by atoms with van der Waals surface area (Å²) in [5.41, 5.74) is 4.16. The van der Waals surface area contributed by atoms with Gasteiger partial charge in [-0.15, -0.1) is 0 Å². The molecular weight excluding hydrogens is 164 g/mol. The Morgan fingerprint density at radius 3 is 3.00 bits per heavy atom. The molecule has 0 unspecified atom stereocenters. The van der Waals surface area contributed by atoms with E-state index >= 15 is 0 Å². The predicted octanol–water partition coefficient (Wildman–Crippen LogP) is 1.98. The first-order valence-corrected chi connectivity index (χ1v) is 4.96. The van der Waals surface area contributed by atoms with Crippen molar-refractivity contribution >= 4 is 0 Å². The molecule has 0 amide bonds. The van der Waals surface area contributed by atoms with Gasteiger partial charge in [-0.3, -0.25) is 4.84 Å². The lowest BCUT2D eigenvalue weighted by Gasteiger charge is -2.10. The van der Waals surface area contributed by atoms with Crippen molar-refractivity contribution in [2.45, 2.75) is 38.3 Å². The second kappa shape index (κ2) is 4.44. The number of nitrogens with one attached hydrogen (secondary N) is 2. The average Bonchev–Trinajstić information content (AvgIpc) is 2.75. The zero-order chi connectivity index (χ0) is 8.93. The molecule has 1 aromatic rings. The minimum atomic E-state index is 0.440. The molecule has 1 aliphatic carbocycles. The fraction of sp³-hybridized carbons (Fsp3) is 0.600. The van der Waals surface area contributed by atoms with Gasteiger partial charge in [-0.05, 0) is 25.0 Å². The van der Waals surface area contributed by atoms with Crippen molar-refractivity contribution in [1.29, 1.82) is 0 Å². The largest absolute Gasteiger partial charge is 0.364 e. The number of aromatic nitrogens is 1. The molecule has 0 bridgehead atoms. The van der Waals surface area contributed by atoms with Crippen molar-refractivity contribution in [3.05, 3.63) is 24.0 Å². The highest BCUT2D eigenvalue weighted by Crippen LogP contribution is 2.19. The van der Waals surface area contributed by atoms with E-state index in [0.717, 1.165) is 12.2 Å². The van der Waals surface area contributed by atoms with Gasteiger partial charge < -0.3 is 4.98 Å². The van der Waals surface area contributed by atoms with E-state index in [1.165, 1.54) is 25.7 Å². The van der Waals surface area contributed by atoms with Crippen LogP contribution < -0.4 is 5.48 Å². The molecule has 3 heteroatoms. The van der Waals surface area contributed by atoms with Crippen LogP contribution >= 0.6 is 0 Å². The van der Waals surface area contributed by atoms with Crippen molar-refractivity contribution in [2.75, 3.05) is 0 Å². The number of hydrogen-bond acceptors (Lipinski definition) is 2. The highest BCUT2D eigenvalue weighted by molar-refractivity contribution is 5.02. The molecule has 13 heavy (non-hydrogen) atoms. The van der Waals surface area contributed by atoms with E-state index < -0.39 is 0 Å². The Morgan fingerprint density at radius 2 is 2.31 bits per heavy atom. The molecule has 0 aliphatic heterocycles. The minimum absolute atomic E-state index is 0.440. The van der Waals surface area contributed by atoms with Crippen LogP contribution in [0.5, 0.6) is 0 Å². The maximum absolute atomic E-state index is 5.51. The van der Waals surface area contributed by atoms with E-state index in [9.17, 15) is 0 Å². The third-order valence-electron chi connectivity index (χ3n) is 2.48. The molecule has 0 spiro atoms. The maximum Gasteiger partial charge on any atom is 0.0790 e. The topological polar surface area (TPSA) is 37.0 Å². The predicted molar refractivity (Wildman–Crippen MR) is 51.0 cm³/mol. The van der Waals surface area contributed by atoms with Crippen molar-refractivity contribution in [2.24, 2.45) is 0 Å². The minimum Gasteiger partial charge on any atom is -0.364 e. The van der Waals surface area contributed by atoms with Gasteiger partial charge in [0.05, 0.1) is 12.6 Å². The lowest BCUT2D eigenvalue weighted by Crippen LogP contribution is -2.21. The van der Waals surface area contributed by atoms with E-state index in [0.29, 0.717) is 6.10 Å². The molecule has 2 rings (SSSR count). The van der Waals surface area contributed by atoms with E-state index in [1.807, 2.05) is 18.3 Å². The molecule has 1 fully saturated rings. The lowest BCUT2D eigenvalue weighted by molar-refractivity contribution is -0.0248. The van der Waals surface area contributed by atoms with Gasteiger partial charge in [0, 0.05) is 11.9 Å². The van der Waals surface area contributed by atoms with Crippen LogP contribution in [0.25, 0.3) is 0 Å². The maximum atomic E-state index is 5.51. The number of H-pyrrole nitrogens is 1. The van der Waals surface area contributed by atoms with Crippen LogP contribution in [0.2, 0.25) is 0 Å². The van der Waals surface area contributed by atoms with Crippen molar-refractivity contribution in [1.82, 2.24) is 10.5 Å². The summed E-state index contributed by atoms with van der Waals surface area (Å²) >= 11 is 0. The molecule has 1 aromatic heterocycles. The summed E-state index contributed by atoms with van der Waals surface area (Å²) in [6.45, 7) is 0.767. The van der Waals surface area contributed by atoms with Crippen molar-refractivity contribution < 1.29 is 4.84 Å². The fourth-order valence-corrected chi connectivity index (χ4v) is 1.72. The number of hydrogen-bond donors (Lipinski definition) is 2. The molecule has 72 valence electrons. The molecule has 0 aromatic carbocycles. The van der Waals surface area contributed by atoms with Crippen LogP contribution in [0.4, 0.5) is 0 Å².